The Bertz CT molecular complexity index is 424. The molecule has 1 heterocycles. The van der Waals surface area contributed by atoms with Crippen molar-refractivity contribution < 1.29 is 5.11 Å². The van der Waals surface area contributed by atoms with Crippen LogP contribution >= 0.6 is 0 Å². The van der Waals surface area contributed by atoms with Crippen molar-refractivity contribution >= 4 is 11.4 Å². The molecule has 0 aromatic heterocycles. The molecule has 1 aromatic rings. The molecular weight excluding hydrogens is 212 g/mol. The van der Waals surface area contributed by atoms with E-state index in [2.05, 4.69) is 23.3 Å². The van der Waals surface area contributed by atoms with Crippen LogP contribution in [0.2, 0.25) is 0 Å². The summed E-state index contributed by atoms with van der Waals surface area (Å²) in [7, 11) is 2.13. The second-order valence-corrected chi connectivity index (χ2v) is 5.59. The first-order valence-electron chi connectivity index (χ1n) is 6.47. The van der Waals surface area contributed by atoms with E-state index in [0.29, 0.717) is 11.2 Å². The molecule has 0 amide bonds. The van der Waals surface area contributed by atoms with Gasteiger partial charge in [0.25, 0.3) is 0 Å². The van der Waals surface area contributed by atoms with Crippen LogP contribution in [0.5, 0.6) is 5.75 Å². The van der Waals surface area contributed by atoms with Gasteiger partial charge in [0.2, 0.25) is 0 Å². The van der Waals surface area contributed by atoms with Gasteiger partial charge in [-0.2, -0.15) is 0 Å². The van der Waals surface area contributed by atoms with Crippen molar-refractivity contribution in [1.82, 2.24) is 0 Å². The van der Waals surface area contributed by atoms with Crippen LogP contribution in [0.4, 0.5) is 11.4 Å². The van der Waals surface area contributed by atoms with E-state index in [1.54, 1.807) is 6.07 Å². The van der Waals surface area contributed by atoms with Gasteiger partial charge in [-0.1, -0.05) is 18.9 Å². The number of rotatable bonds is 0. The number of aromatic hydroxyl groups is 1. The fourth-order valence-corrected chi connectivity index (χ4v) is 3.41. The summed E-state index contributed by atoms with van der Waals surface area (Å²) >= 11 is 0. The molecular formula is C14H20N2O. The van der Waals surface area contributed by atoms with Crippen molar-refractivity contribution in [2.75, 3.05) is 30.4 Å². The van der Waals surface area contributed by atoms with Crippen LogP contribution in [-0.4, -0.2) is 25.2 Å². The zero-order valence-corrected chi connectivity index (χ0v) is 10.4. The molecule has 92 valence electrons. The number of para-hydroxylation sites is 1. The van der Waals surface area contributed by atoms with Crippen LogP contribution in [0, 0.1) is 5.41 Å². The lowest BCUT2D eigenvalue weighted by molar-refractivity contribution is 0.330. The molecule has 1 saturated carbocycles. The first kappa shape index (κ1) is 10.8. The van der Waals surface area contributed by atoms with Gasteiger partial charge in [0.05, 0.1) is 5.69 Å². The van der Waals surface area contributed by atoms with E-state index in [1.807, 2.05) is 6.07 Å². The van der Waals surface area contributed by atoms with Crippen molar-refractivity contribution in [2.24, 2.45) is 5.41 Å². The summed E-state index contributed by atoms with van der Waals surface area (Å²) in [6.07, 6.45) is 5.30. The Hall–Kier alpha value is -1.38. The van der Waals surface area contributed by atoms with Crippen molar-refractivity contribution in [2.45, 2.75) is 25.7 Å². The number of nitrogens with zero attached hydrogens (tertiary/aromatic N) is 1. The average Bonchev–Trinajstić information content (AvgIpc) is 2.70. The number of fused-ring (bicyclic) bond motifs is 1. The lowest BCUT2D eigenvalue weighted by Crippen LogP contribution is -2.36. The summed E-state index contributed by atoms with van der Waals surface area (Å²) in [6, 6.07) is 5.75. The predicted molar refractivity (Wildman–Crippen MR) is 70.8 cm³/mol. The minimum atomic E-state index is 0.365. The third kappa shape index (κ3) is 1.74. The highest BCUT2D eigenvalue weighted by Crippen LogP contribution is 2.44. The number of phenolic OH excluding ortho intramolecular Hbond substituents is 1. The standard InChI is InChI=1S/C14H20N2O/c1-16-10-14(7-2-3-8-14)9-15-13-11(16)5-4-6-12(13)17/h4-6,15,17H,2-3,7-10H2,1H3. The predicted octanol–water partition coefficient (Wildman–Crippen LogP) is 2.81. The third-order valence-corrected chi connectivity index (χ3v) is 4.31. The highest BCUT2D eigenvalue weighted by atomic mass is 16.3. The number of phenols is 1. The minimum Gasteiger partial charge on any atom is -0.506 e. The van der Waals surface area contributed by atoms with E-state index < -0.39 is 0 Å². The van der Waals surface area contributed by atoms with Crippen LogP contribution in [0.3, 0.4) is 0 Å². The molecule has 1 aliphatic carbocycles. The molecule has 0 saturated heterocycles. The van der Waals surface area contributed by atoms with Crippen molar-refractivity contribution in [3.05, 3.63) is 18.2 Å². The second kappa shape index (κ2) is 3.83. The smallest absolute Gasteiger partial charge is 0.140 e. The third-order valence-electron chi connectivity index (χ3n) is 4.31. The fourth-order valence-electron chi connectivity index (χ4n) is 3.41. The van der Waals surface area contributed by atoms with Gasteiger partial charge in [-0.05, 0) is 25.0 Å². The topological polar surface area (TPSA) is 35.5 Å². The van der Waals surface area contributed by atoms with Gasteiger partial charge in [0.15, 0.2) is 0 Å². The Morgan fingerprint density at radius 1 is 1.29 bits per heavy atom. The van der Waals surface area contributed by atoms with E-state index in [1.165, 1.54) is 25.7 Å². The van der Waals surface area contributed by atoms with Crippen LogP contribution in [0.1, 0.15) is 25.7 Å². The molecule has 3 heteroatoms. The van der Waals surface area contributed by atoms with Crippen molar-refractivity contribution in [3.63, 3.8) is 0 Å². The Morgan fingerprint density at radius 2 is 2.06 bits per heavy atom. The lowest BCUT2D eigenvalue weighted by atomic mass is 9.86. The van der Waals surface area contributed by atoms with E-state index >= 15 is 0 Å². The number of anilines is 2. The molecule has 3 rings (SSSR count). The summed E-state index contributed by atoms with van der Waals surface area (Å²) in [5.41, 5.74) is 2.42. The number of nitrogens with one attached hydrogen (secondary N) is 1. The van der Waals surface area contributed by atoms with E-state index in [0.717, 1.165) is 24.5 Å². The van der Waals surface area contributed by atoms with Gasteiger partial charge in [-0.25, -0.2) is 0 Å². The molecule has 1 aromatic carbocycles. The van der Waals surface area contributed by atoms with E-state index in [-0.39, 0.29) is 0 Å². The molecule has 1 spiro atoms. The van der Waals surface area contributed by atoms with Crippen LogP contribution < -0.4 is 10.2 Å². The summed E-state index contributed by atoms with van der Waals surface area (Å²) in [4.78, 5) is 2.29. The first-order valence-corrected chi connectivity index (χ1v) is 6.47. The maximum absolute atomic E-state index is 9.94. The highest BCUT2D eigenvalue weighted by molar-refractivity contribution is 5.76. The molecule has 0 atom stereocenters. The Balaban J connectivity index is 1.97. The average molecular weight is 232 g/mol. The monoisotopic (exact) mass is 232 g/mol. The number of hydrogen-bond acceptors (Lipinski definition) is 3. The van der Waals surface area contributed by atoms with Gasteiger partial charge in [0.1, 0.15) is 11.4 Å². The zero-order chi connectivity index (χ0) is 11.9. The summed E-state index contributed by atoms with van der Waals surface area (Å²) < 4.78 is 0. The van der Waals surface area contributed by atoms with E-state index in [9.17, 15) is 5.11 Å². The molecule has 2 N–H and O–H groups in total. The maximum Gasteiger partial charge on any atom is 0.140 e. The lowest BCUT2D eigenvalue weighted by Gasteiger charge is -2.31. The molecule has 2 aliphatic rings. The summed E-state index contributed by atoms with van der Waals surface area (Å²) in [5, 5.41) is 13.4. The SMILES string of the molecule is CN1CC2(CCCC2)CNc2c(O)cccc21. The van der Waals surface area contributed by atoms with Crippen molar-refractivity contribution in [3.8, 4) is 5.75 Å². The molecule has 17 heavy (non-hydrogen) atoms. The second-order valence-electron chi connectivity index (χ2n) is 5.59. The number of benzene rings is 1. The van der Waals surface area contributed by atoms with E-state index in [4.69, 9.17) is 0 Å². The normalized spacial score (nSPS) is 22.1. The molecule has 3 nitrogen and oxygen atoms in total. The van der Waals surface area contributed by atoms with Crippen LogP contribution in [-0.2, 0) is 0 Å². The Morgan fingerprint density at radius 3 is 2.82 bits per heavy atom. The highest BCUT2D eigenvalue weighted by Gasteiger charge is 2.37. The van der Waals surface area contributed by atoms with Crippen molar-refractivity contribution in [1.29, 1.82) is 0 Å². The molecule has 1 fully saturated rings. The maximum atomic E-state index is 9.94. The quantitative estimate of drug-likeness (QED) is 0.675. The zero-order valence-electron chi connectivity index (χ0n) is 10.4. The van der Waals surface area contributed by atoms with Crippen LogP contribution in [0.25, 0.3) is 0 Å². The van der Waals surface area contributed by atoms with Gasteiger partial charge >= 0.3 is 0 Å². The fraction of sp³-hybridized carbons (Fsp3) is 0.571. The Kier molecular flexibility index (Phi) is 2.42. The van der Waals surface area contributed by atoms with Gasteiger partial charge < -0.3 is 15.3 Å². The molecule has 0 bridgehead atoms. The largest absolute Gasteiger partial charge is 0.506 e. The van der Waals surface area contributed by atoms with Gasteiger partial charge in [-0.15, -0.1) is 0 Å². The molecule has 0 unspecified atom stereocenters. The first-order chi connectivity index (χ1) is 8.20. The van der Waals surface area contributed by atoms with Gasteiger partial charge in [0, 0.05) is 25.6 Å². The summed E-state index contributed by atoms with van der Waals surface area (Å²) in [6.45, 7) is 2.08. The molecule has 0 radical (unpaired) electrons. The number of hydrogen-bond donors (Lipinski definition) is 2. The van der Waals surface area contributed by atoms with Gasteiger partial charge in [-0.3, -0.25) is 0 Å². The van der Waals surface area contributed by atoms with Crippen LogP contribution in [0.15, 0.2) is 18.2 Å². The molecule has 1 aliphatic heterocycles. The minimum absolute atomic E-state index is 0.365. The Labute approximate surface area is 102 Å². The summed E-state index contributed by atoms with van der Waals surface area (Å²) in [5.74, 6) is 0.365.